The van der Waals surface area contributed by atoms with E-state index < -0.39 is 127 Å². The molecule has 3 saturated heterocycles. The topological polar surface area (TPSA) is 120 Å². The zero-order valence-corrected chi connectivity index (χ0v) is 63.0. The molecule has 0 aromatic rings. The van der Waals surface area contributed by atoms with Crippen molar-refractivity contribution in [2.24, 2.45) is 0 Å². The van der Waals surface area contributed by atoms with Gasteiger partial charge in [-0.15, -0.1) is 0 Å². The molecule has 410 valence electrons. The third-order valence-electron chi connectivity index (χ3n) is 13.4. The Balaban J connectivity index is 1.65. The number of unbranched alkanes of at least 4 members (excludes halogenated alkanes) is 9. The molecule has 0 aromatic heterocycles. The van der Waals surface area contributed by atoms with Gasteiger partial charge < -0.3 is 54.4 Å². The van der Waals surface area contributed by atoms with Crippen LogP contribution in [0.3, 0.4) is 0 Å². The third kappa shape index (κ3) is 30.3. The van der Waals surface area contributed by atoms with Gasteiger partial charge in [-0.2, -0.15) is 0 Å². The van der Waals surface area contributed by atoms with E-state index in [4.69, 9.17) is 54.4 Å². The average molecular weight is 1210 g/mol. The summed E-state index contributed by atoms with van der Waals surface area (Å²) >= 11 is 0. The molecule has 13 unspecified atom stereocenters. The van der Waals surface area contributed by atoms with E-state index >= 15 is 0 Å². The van der Waals surface area contributed by atoms with E-state index in [9.17, 15) is 0 Å². The lowest BCUT2D eigenvalue weighted by Gasteiger charge is -2.43. The largest absolute Gasteiger partial charge is 0.636 e. The van der Waals surface area contributed by atoms with Crippen LogP contribution in [-0.2, 0) is 54.4 Å². The monoisotopic (exact) mass is 1210 g/mol. The predicted octanol–water partition coefficient (Wildman–Crippen LogP) is 9.33. The van der Waals surface area contributed by atoms with Gasteiger partial charge in [-0.1, -0.05) is 90.4 Å². The van der Waals surface area contributed by atoms with Gasteiger partial charge in [-0.05, 0) is 160 Å². The average Bonchev–Trinajstić information content (AvgIpc) is 3.19. The zero-order valence-electron chi connectivity index (χ0n) is 47.2. The van der Waals surface area contributed by atoms with Crippen LogP contribution in [0.1, 0.15) is 111 Å². The lowest BCUT2D eigenvalue weighted by Crippen LogP contribution is -2.64. The van der Waals surface area contributed by atoms with Gasteiger partial charge in [0.1, 0.15) is 0 Å². The second-order valence-corrected chi connectivity index (χ2v) is 61.9. The Morgan fingerprint density at radius 3 is 1.51 bits per heavy atom. The first-order chi connectivity index (χ1) is 32.5. The number of hydrogen-bond acceptors (Lipinski definition) is 13. The molecule has 3 rings (SSSR count). The highest BCUT2D eigenvalue weighted by atomic mass is 28.5. The first-order valence-corrected chi connectivity index (χ1v) is 59.6. The molecule has 0 bridgehead atoms. The third-order valence-corrected chi connectivity index (χ3v) is 57.9. The van der Waals surface area contributed by atoms with Crippen molar-refractivity contribution in [1.29, 1.82) is 0 Å². The Morgan fingerprint density at radius 2 is 0.899 bits per heavy atom. The molecule has 3 heterocycles. The molecule has 3 fully saturated rings. The fraction of sp³-hybridized carbons (Fsp3) is 1.00. The van der Waals surface area contributed by atoms with Gasteiger partial charge >= 0.3 is 46.2 Å². The SMILES string of the molecule is CCCC[Si](C)(C)O[Si](O[SiH2]CCCCCC[SiH]1O[SiH](C)CC(C)O[SiH](C)O1)(O[Si](C)(C)CCCCCC[SiH]1CC(C)O[SiH](C)O[SiH](C)O1)O[Si](C)(C)CCCCC[SiH]1OC(C)C[SiH](C)O[SiH](C)O1. The smallest absolute Gasteiger partial charge is 0.441 e. The van der Waals surface area contributed by atoms with Crippen molar-refractivity contribution in [3.63, 3.8) is 0 Å². The maximum Gasteiger partial charge on any atom is 0.636 e. The van der Waals surface area contributed by atoms with Crippen LogP contribution in [0.5, 0.6) is 0 Å². The van der Waals surface area contributed by atoms with Crippen molar-refractivity contribution >= 4 is 127 Å². The number of hydrogen-bond donors (Lipinski definition) is 0. The minimum atomic E-state index is -3.48. The summed E-state index contributed by atoms with van der Waals surface area (Å²) in [6.07, 6.45) is 16.2. The van der Waals surface area contributed by atoms with E-state index in [-0.39, 0.29) is 18.3 Å². The summed E-state index contributed by atoms with van der Waals surface area (Å²) in [6, 6.07) is 11.1. The molecule has 0 aromatic carbocycles. The molecule has 0 saturated carbocycles. The Kier molecular flexibility index (Phi) is 32.8. The van der Waals surface area contributed by atoms with Gasteiger partial charge in [0.25, 0.3) is 18.6 Å². The maximum atomic E-state index is 7.57. The van der Waals surface area contributed by atoms with Crippen molar-refractivity contribution in [3.05, 3.63) is 0 Å². The van der Waals surface area contributed by atoms with Gasteiger partial charge in [-0.25, -0.2) is 0 Å². The Morgan fingerprint density at radius 1 is 0.449 bits per heavy atom. The molecule has 0 radical (unpaired) electrons. The molecule has 3 aliphatic heterocycles. The van der Waals surface area contributed by atoms with Crippen molar-refractivity contribution in [3.8, 4) is 0 Å². The van der Waals surface area contributed by atoms with Crippen LogP contribution >= 0.6 is 0 Å². The molecule has 13 atom stereocenters. The second kappa shape index (κ2) is 34.4. The minimum absolute atomic E-state index is 0.260. The standard InChI is InChI=1S/C42H108O13Si14/c1-17-18-34-66(11,12)53-69(46-56-30-24-19-20-26-33-65-48-58(6)37-40(2)43-60(8)51-65,55-68(15,16)36-29-23-27-32-64-45-41(3)38-57(5)47-61(9)52-64)54-67(13,14)35-28-22-21-25-31-63-39-42(4)44-59(7)49-62(10)50-63/h40-42,57-65H,17-39,56H2,1-16H3. The van der Waals surface area contributed by atoms with E-state index in [1.165, 1.54) is 57.4 Å². The quantitative estimate of drug-likeness (QED) is 0.0485. The van der Waals surface area contributed by atoms with E-state index in [0.717, 1.165) is 86.5 Å². The molecule has 27 heteroatoms. The molecule has 69 heavy (non-hydrogen) atoms. The highest BCUT2D eigenvalue weighted by Crippen LogP contribution is 2.33. The summed E-state index contributed by atoms with van der Waals surface area (Å²) in [5.41, 5.74) is 0. The lowest BCUT2D eigenvalue weighted by molar-refractivity contribution is 0.151. The second-order valence-electron chi connectivity index (χ2n) is 22.9. The van der Waals surface area contributed by atoms with Crippen LogP contribution in [0.2, 0.25) is 139 Å². The van der Waals surface area contributed by atoms with Crippen molar-refractivity contribution in [1.82, 2.24) is 0 Å². The summed E-state index contributed by atoms with van der Waals surface area (Å²) in [7, 11) is -24.5. The van der Waals surface area contributed by atoms with Crippen LogP contribution in [0, 0.1) is 0 Å². The fourth-order valence-electron chi connectivity index (χ4n) is 10.1. The highest BCUT2D eigenvalue weighted by Gasteiger charge is 2.55. The molecule has 0 amide bonds. The van der Waals surface area contributed by atoms with Crippen molar-refractivity contribution in [2.45, 2.75) is 268 Å². The van der Waals surface area contributed by atoms with Gasteiger partial charge in [0.2, 0.25) is 0 Å². The van der Waals surface area contributed by atoms with Gasteiger partial charge in [-0.3, -0.25) is 0 Å². The first-order valence-electron chi connectivity index (χ1n) is 28.1. The fourth-order valence-corrected chi connectivity index (χ4v) is 56.3. The van der Waals surface area contributed by atoms with Crippen molar-refractivity contribution in [2.75, 3.05) is 0 Å². The summed E-state index contributed by atoms with van der Waals surface area (Å²) in [5, 5.41) is 0. The predicted molar refractivity (Wildman–Crippen MR) is 323 cm³/mol. The number of rotatable bonds is 31. The molecule has 0 N–H and O–H groups in total. The van der Waals surface area contributed by atoms with E-state index in [2.05, 4.69) is 106 Å². The van der Waals surface area contributed by atoms with Gasteiger partial charge in [0, 0.05) is 18.3 Å². The summed E-state index contributed by atoms with van der Waals surface area (Å²) < 4.78 is 87.4. The molecule has 3 aliphatic rings. The first kappa shape index (κ1) is 65.8. The van der Waals surface area contributed by atoms with Crippen LogP contribution in [-0.4, -0.2) is 145 Å². The van der Waals surface area contributed by atoms with E-state index in [0.29, 0.717) is 0 Å². The molecule has 0 aliphatic carbocycles. The highest BCUT2D eigenvalue weighted by molar-refractivity contribution is 6.89. The molecular formula is C42H108O13Si14. The maximum absolute atomic E-state index is 7.57. The van der Waals surface area contributed by atoms with Crippen LogP contribution in [0.15, 0.2) is 0 Å². The Hall–Kier alpha value is 2.52. The summed E-state index contributed by atoms with van der Waals surface area (Å²) in [6.45, 7) is 36.5. The van der Waals surface area contributed by atoms with E-state index in [1.807, 2.05) is 0 Å². The zero-order chi connectivity index (χ0) is 51.1. The lowest BCUT2D eigenvalue weighted by atomic mass is 10.2. The molecule has 13 nitrogen and oxygen atoms in total. The molecule has 0 spiro atoms. The Bertz CT molecular complexity index is 1320. The van der Waals surface area contributed by atoms with E-state index in [1.54, 1.807) is 0 Å². The van der Waals surface area contributed by atoms with Crippen LogP contribution in [0.4, 0.5) is 0 Å². The summed E-state index contributed by atoms with van der Waals surface area (Å²) in [5.74, 6) is 0. The Labute approximate surface area is 446 Å². The molecular weight excluding hydrogens is 1110 g/mol. The summed E-state index contributed by atoms with van der Waals surface area (Å²) in [4.78, 5) is 0. The van der Waals surface area contributed by atoms with Crippen LogP contribution < -0.4 is 0 Å². The van der Waals surface area contributed by atoms with Crippen LogP contribution in [0.25, 0.3) is 0 Å². The van der Waals surface area contributed by atoms with Crippen molar-refractivity contribution < 1.29 is 54.4 Å². The van der Waals surface area contributed by atoms with Gasteiger partial charge in [0.05, 0.1) is 0 Å². The van der Waals surface area contributed by atoms with Gasteiger partial charge in [0.15, 0.2) is 61.8 Å². The normalized spacial score (nSPS) is 31.7. The minimum Gasteiger partial charge on any atom is -0.441 e.